The van der Waals surface area contributed by atoms with Gasteiger partial charge in [0.15, 0.2) is 0 Å². The van der Waals surface area contributed by atoms with Crippen molar-refractivity contribution >= 4 is 78.5 Å². The van der Waals surface area contributed by atoms with E-state index in [-0.39, 0.29) is 0 Å². The summed E-state index contributed by atoms with van der Waals surface area (Å²) < 4.78 is 2.43. The van der Waals surface area contributed by atoms with Crippen molar-refractivity contribution in [1.29, 1.82) is 0 Å². The second kappa shape index (κ2) is 11.7. The minimum atomic E-state index is 1.12. The zero-order valence-electron chi connectivity index (χ0n) is 27.1. The Kier molecular flexibility index (Phi) is 6.74. The van der Waals surface area contributed by atoms with Gasteiger partial charge in [0.2, 0.25) is 0 Å². The standard InChI is InChI=1S/C46H31N3S/c1-2-17-33(18-3-1)47(38-26-12-16-32-15-4-5-21-36(32)38)42-27-14-28-43-46(42)37-22-6-7-23-39(37)48(43)34-19-13-20-35(31-34)49-40-24-8-10-29-44(40)50-45-30-11-9-25-41(45)49/h1-31H. The van der Waals surface area contributed by atoms with E-state index in [1.54, 1.807) is 0 Å². The summed E-state index contributed by atoms with van der Waals surface area (Å²) in [5.41, 5.74) is 10.4. The average Bonchev–Trinajstić information content (AvgIpc) is 3.53. The Hall–Kier alpha value is -6.23. The van der Waals surface area contributed by atoms with Crippen molar-refractivity contribution in [2.24, 2.45) is 0 Å². The number of nitrogens with zero attached hydrogens (tertiary/aromatic N) is 3. The molecule has 0 atom stereocenters. The maximum atomic E-state index is 2.43. The summed E-state index contributed by atoms with van der Waals surface area (Å²) in [7, 11) is 0. The molecule has 0 spiro atoms. The Labute approximate surface area is 295 Å². The summed E-state index contributed by atoms with van der Waals surface area (Å²) in [5, 5.41) is 4.87. The molecule has 0 unspecified atom stereocenters. The van der Waals surface area contributed by atoms with Crippen molar-refractivity contribution in [3.63, 3.8) is 0 Å². The number of anilines is 6. The van der Waals surface area contributed by atoms with Crippen LogP contribution in [0.4, 0.5) is 34.1 Å². The molecule has 8 aromatic carbocycles. The van der Waals surface area contributed by atoms with Gasteiger partial charge in [-0.1, -0.05) is 121 Å². The van der Waals surface area contributed by atoms with Gasteiger partial charge in [-0.05, 0) is 84.2 Å². The fraction of sp³-hybridized carbons (Fsp3) is 0. The molecular formula is C46H31N3S. The Morgan fingerprint density at radius 3 is 1.82 bits per heavy atom. The maximum Gasteiger partial charge on any atom is 0.0601 e. The molecule has 0 radical (unpaired) electrons. The number of hydrogen-bond acceptors (Lipinski definition) is 3. The van der Waals surface area contributed by atoms with Crippen LogP contribution in [0.25, 0.3) is 38.3 Å². The van der Waals surface area contributed by atoms with Crippen molar-refractivity contribution in [3.05, 3.63) is 188 Å². The number of aromatic nitrogens is 1. The van der Waals surface area contributed by atoms with Gasteiger partial charge in [-0.25, -0.2) is 0 Å². The number of benzene rings is 8. The lowest BCUT2D eigenvalue weighted by Crippen LogP contribution is -2.15. The van der Waals surface area contributed by atoms with E-state index in [1.807, 2.05) is 11.8 Å². The van der Waals surface area contributed by atoms with Crippen LogP contribution in [0.1, 0.15) is 0 Å². The SMILES string of the molecule is c1ccc(N(c2cccc3ccccc23)c2cccc3c2c2ccccc2n3-c2cccc(N3c4ccccc4Sc4ccccc43)c2)cc1. The molecular weight excluding hydrogens is 627 g/mol. The predicted molar refractivity (Wildman–Crippen MR) is 212 cm³/mol. The molecule has 3 nitrogen and oxygen atoms in total. The molecule has 2 heterocycles. The Balaban J connectivity index is 1.22. The van der Waals surface area contributed by atoms with Gasteiger partial charge in [0.25, 0.3) is 0 Å². The van der Waals surface area contributed by atoms with Gasteiger partial charge in [-0.2, -0.15) is 0 Å². The molecule has 0 bridgehead atoms. The van der Waals surface area contributed by atoms with Crippen LogP contribution in [0.5, 0.6) is 0 Å². The van der Waals surface area contributed by atoms with Crippen molar-refractivity contribution in [2.75, 3.05) is 9.80 Å². The predicted octanol–water partition coefficient (Wildman–Crippen LogP) is 13.3. The van der Waals surface area contributed by atoms with E-state index in [0.717, 1.165) is 34.0 Å². The van der Waals surface area contributed by atoms with E-state index in [2.05, 4.69) is 202 Å². The van der Waals surface area contributed by atoms with Crippen molar-refractivity contribution in [3.8, 4) is 5.69 Å². The largest absolute Gasteiger partial charge is 0.309 e. The molecule has 1 aliphatic heterocycles. The Bertz CT molecular complexity index is 2660. The Morgan fingerprint density at radius 2 is 1.00 bits per heavy atom. The zero-order chi connectivity index (χ0) is 33.0. The zero-order valence-corrected chi connectivity index (χ0v) is 28.0. The van der Waals surface area contributed by atoms with Crippen LogP contribution < -0.4 is 9.80 Å². The van der Waals surface area contributed by atoms with E-state index < -0.39 is 0 Å². The molecule has 10 rings (SSSR count). The smallest absolute Gasteiger partial charge is 0.0601 e. The quantitative estimate of drug-likeness (QED) is 0.183. The van der Waals surface area contributed by atoms with Gasteiger partial charge in [0.05, 0.1) is 33.8 Å². The van der Waals surface area contributed by atoms with Gasteiger partial charge in [-0.15, -0.1) is 0 Å². The molecule has 0 saturated carbocycles. The van der Waals surface area contributed by atoms with Crippen molar-refractivity contribution < 1.29 is 0 Å². The monoisotopic (exact) mass is 657 g/mol. The summed E-state index contributed by atoms with van der Waals surface area (Å²) in [5.74, 6) is 0. The molecule has 0 aliphatic carbocycles. The van der Waals surface area contributed by atoms with E-state index in [9.17, 15) is 0 Å². The van der Waals surface area contributed by atoms with Crippen molar-refractivity contribution in [2.45, 2.75) is 9.79 Å². The molecule has 9 aromatic rings. The topological polar surface area (TPSA) is 11.4 Å². The fourth-order valence-corrected chi connectivity index (χ4v) is 8.67. The van der Waals surface area contributed by atoms with Crippen LogP contribution in [0.15, 0.2) is 198 Å². The van der Waals surface area contributed by atoms with Crippen LogP contribution in [0, 0.1) is 0 Å². The molecule has 0 N–H and O–H groups in total. The highest BCUT2D eigenvalue weighted by molar-refractivity contribution is 7.99. The summed E-state index contributed by atoms with van der Waals surface area (Å²) in [6, 6.07) is 67.9. The van der Waals surface area contributed by atoms with Crippen LogP contribution in [0.2, 0.25) is 0 Å². The lowest BCUT2D eigenvalue weighted by Gasteiger charge is -2.33. The van der Waals surface area contributed by atoms with Crippen molar-refractivity contribution in [1.82, 2.24) is 4.57 Å². The average molecular weight is 658 g/mol. The lowest BCUT2D eigenvalue weighted by atomic mass is 10.0. The second-order valence-corrected chi connectivity index (χ2v) is 13.7. The minimum absolute atomic E-state index is 1.12. The van der Waals surface area contributed by atoms with Gasteiger partial charge >= 0.3 is 0 Å². The molecule has 0 fully saturated rings. The molecule has 1 aliphatic rings. The number of fused-ring (bicyclic) bond motifs is 6. The first-order valence-electron chi connectivity index (χ1n) is 17.0. The van der Waals surface area contributed by atoms with Crippen LogP contribution in [0.3, 0.4) is 0 Å². The molecule has 0 saturated heterocycles. The molecule has 236 valence electrons. The number of rotatable bonds is 5. The molecule has 4 heteroatoms. The first kappa shape index (κ1) is 28.8. The van der Waals surface area contributed by atoms with Crippen LogP contribution in [-0.4, -0.2) is 4.57 Å². The van der Waals surface area contributed by atoms with E-state index in [0.29, 0.717) is 0 Å². The maximum absolute atomic E-state index is 2.43. The minimum Gasteiger partial charge on any atom is -0.309 e. The third kappa shape index (κ3) is 4.53. The van der Waals surface area contributed by atoms with E-state index >= 15 is 0 Å². The van der Waals surface area contributed by atoms with Gasteiger partial charge < -0.3 is 14.4 Å². The molecule has 1 aromatic heterocycles. The summed E-state index contributed by atoms with van der Waals surface area (Å²) >= 11 is 1.84. The fourth-order valence-electron chi connectivity index (χ4n) is 7.61. The highest BCUT2D eigenvalue weighted by Gasteiger charge is 2.26. The van der Waals surface area contributed by atoms with E-state index in [4.69, 9.17) is 0 Å². The van der Waals surface area contributed by atoms with E-state index in [1.165, 1.54) is 48.2 Å². The van der Waals surface area contributed by atoms with Crippen LogP contribution >= 0.6 is 11.8 Å². The first-order chi connectivity index (χ1) is 24.8. The molecule has 0 amide bonds. The van der Waals surface area contributed by atoms with Gasteiger partial charge in [-0.3, -0.25) is 0 Å². The highest BCUT2D eigenvalue weighted by atomic mass is 32.2. The van der Waals surface area contributed by atoms with Crippen LogP contribution in [-0.2, 0) is 0 Å². The van der Waals surface area contributed by atoms with Gasteiger partial charge in [0.1, 0.15) is 0 Å². The third-order valence-corrected chi connectivity index (χ3v) is 10.8. The normalized spacial score (nSPS) is 12.3. The first-order valence-corrected chi connectivity index (χ1v) is 17.8. The summed E-state index contributed by atoms with van der Waals surface area (Å²) in [6.45, 7) is 0. The summed E-state index contributed by atoms with van der Waals surface area (Å²) in [4.78, 5) is 7.35. The third-order valence-electron chi connectivity index (χ3n) is 9.72. The Morgan fingerprint density at radius 1 is 0.420 bits per heavy atom. The summed E-state index contributed by atoms with van der Waals surface area (Å²) in [6.07, 6.45) is 0. The molecule has 50 heavy (non-hydrogen) atoms. The number of para-hydroxylation sites is 4. The highest BCUT2D eigenvalue weighted by Crippen LogP contribution is 2.52. The lowest BCUT2D eigenvalue weighted by molar-refractivity contribution is 1.14. The van der Waals surface area contributed by atoms with Gasteiger partial charge in [0, 0.05) is 43.0 Å². The number of hydrogen-bond donors (Lipinski definition) is 0. The second-order valence-electron chi connectivity index (χ2n) is 12.6.